The van der Waals surface area contributed by atoms with Crippen LogP contribution in [0.4, 0.5) is 5.69 Å². The number of aromatic carboxylic acids is 1. The number of anilines is 1. The second-order valence-corrected chi connectivity index (χ2v) is 4.38. The SMILES string of the molecule is CCCCCNCCC.Nc1ccc(C(=O)O)cc1. The fourth-order valence-corrected chi connectivity index (χ4v) is 1.43. The third-order valence-electron chi connectivity index (χ3n) is 2.54. The van der Waals surface area contributed by atoms with Gasteiger partial charge in [-0.15, -0.1) is 0 Å². The Kier molecular flexibility index (Phi) is 10.6. The minimum Gasteiger partial charge on any atom is -0.478 e. The van der Waals surface area contributed by atoms with Crippen molar-refractivity contribution in [3.05, 3.63) is 29.8 Å². The van der Waals surface area contributed by atoms with Gasteiger partial charge >= 0.3 is 5.97 Å². The summed E-state index contributed by atoms with van der Waals surface area (Å²) in [4.78, 5) is 10.3. The molecule has 0 unspecified atom stereocenters. The van der Waals surface area contributed by atoms with Crippen LogP contribution in [0.1, 0.15) is 49.9 Å². The van der Waals surface area contributed by atoms with Gasteiger partial charge in [0.15, 0.2) is 0 Å². The number of nitrogens with one attached hydrogen (secondary N) is 1. The molecule has 1 aromatic carbocycles. The summed E-state index contributed by atoms with van der Waals surface area (Å²) in [5.41, 5.74) is 6.17. The molecule has 0 aromatic heterocycles. The first-order valence-corrected chi connectivity index (χ1v) is 6.91. The molecule has 0 saturated carbocycles. The van der Waals surface area contributed by atoms with Crippen LogP contribution in [-0.2, 0) is 0 Å². The van der Waals surface area contributed by atoms with Crippen molar-refractivity contribution >= 4 is 11.7 Å². The van der Waals surface area contributed by atoms with Crippen LogP contribution in [-0.4, -0.2) is 24.2 Å². The summed E-state index contributed by atoms with van der Waals surface area (Å²) in [6, 6.07) is 6.06. The lowest BCUT2D eigenvalue weighted by atomic mass is 10.2. The van der Waals surface area contributed by atoms with E-state index in [1.165, 1.54) is 50.9 Å². The van der Waals surface area contributed by atoms with Crippen molar-refractivity contribution in [2.45, 2.75) is 39.5 Å². The van der Waals surface area contributed by atoms with Crippen LogP contribution in [0, 0.1) is 0 Å². The van der Waals surface area contributed by atoms with Crippen LogP contribution in [0.15, 0.2) is 24.3 Å². The molecule has 0 fully saturated rings. The second-order valence-electron chi connectivity index (χ2n) is 4.38. The molecule has 4 nitrogen and oxygen atoms in total. The Bertz CT molecular complexity index is 331. The van der Waals surface area contributed by atoms with E-state index < -0.39 is 5.97 Å². The zero-order chi connectivity index (χ0) is 14.5. The Morgan fingerprint density at radius 2 is 1.74 bits per heavy atom. The molecule has 4 N–H and O–H groups in total. The van der Waals surface area contributed by atoms with Crippen LogP contribution >= 0.6 is 0 Å². The summed E-state index contributed by atoms with van der Waals surface area (Å²) in [5, 5.41) is 11.8. The van der Waals surface area contributed by atoms with Crippen LogP contribution in [0.2, 0.25) is 0 Å². The molecule has 0 bridgehead atoms. The average Bonchev–Trinajstić information content (AvgIpc) is 2.40. The van der Waals surface area contributed by atoms with Crippen molar-refractivity contribution in [3.8, 4) is 0 Å². The number of carbonyl (C=O) groups is 1. The first kappa shape index (κ1) is 17.4. The van der Waals surface area contributed by atoms with E-state index in [0.29, 0.717) is 5.69 Å². The predicted octanol–water partition coefficient (Wildman–Crippen LogP) is 3.14. The van der Waals surface area contributed by atoms with Crippen LogP contribution in [0.3, 0.4) is 0 Å². The number of rotatable bonds is 7. The van der Waals surface area contributed by atoms with Crippen LogP contribution in [0.25, 0.3) is 0 Å². The highest BCUT2D eigenvalue weighted by atomic mass is 16.4. The van der Waals surface area contributed by atoms with E-state index >= 15 is 0 Å². The van der Waals surface area contributed by atoms with Gasteiger partial charge < -0.3 is 16.2 Å². The van der Waals surface area contributed by atoms with Crippen molar-refractivity contribution in [1.29, 1.82) is 0 Å². The zero-order valence-electron chi connectivity index (χ0n) is 12.0. The Hall–Kier alpha value is -1.55. The van der Waals surface area contributed by atoms with Crippen LogP contribution < -0.4 is 11.1 Å². The summed E-state index contributed by atoms with van der Waals surface area (Å²) >= 11 is 0. The van der Waals surface area contributed by atoms with Gasteiger partial charge in [0.2, 0.25) is 0 Å². The molecule has 108 valence electrons. The van der Waals surface area contributed by atoms with E-state index in [9.17, 15) is 4.79 Å². The zero-order valence-corrected chi connectivity index (χ0v) is 12.0. The van der Waals surface area contributed by atoms with Crippen LogP contribution in [0.5, 0.6) is 0 Å². The molecule has 0 saturated heterocycles. The summed E-state index contributed by atoms with van der Waals surface area (Å²) in [6.07, 6.45) is 5.30. The normalized spacial score (nSPS) is 9.58. The molecule has 0 aliphatic carbocycles. The Balaban J connectivity index is 0.000000344. The number of benzene rings is 1. The van der Waals surface area contributed by atoms with Crippen molar-refractivity contribution in [3.63, 3.8) is 0 Å². The maximum absolute atomic E-state index is 10.3. The number of hydrogen-bond acceptors (Lipinski definition) is 3. The third-order valence-corrected chi connectivity index (χ3v) is 2.54. The highest BCUT2D eigenvalue weighted by molar-refractivity contribution is 5.87. The number of nitrogens with two attached hydrogens (primary N) is 1. The third kappa shape index (κ3) is 10.1. The van der Waals surface area contributed by atoms with Gasteiger partial charge in [0.05, 0.1) is 5.56 Å². The summed E-state index contributed by atoms with van der Waals surface area (Å²) in [6.45, 7) is 6.83. The lowest BCUT2D eigenvalue weighted by Crippen LogP contribution is -2.15. The molecule has 0 aliphatic rings. The van der Waals surface area contributed by atoms with E-state index in [-0.39, 0.29) is 5.56 Å². The first-order chi connectivity index (χ1) is 9.11. The Morgan fingerprint density at radius 1 is 1.11 bits per heavy atom. The van der Waals surface area contributed by atoms with Gasteiger partial charge in [0, 0.05) is 5.69 Å². The highest BCUT2D eigenvalue weighted by Crippen LogP contribution is 2.04. The fourth-order valence-electron chi connectivity index (χ4n) is 1.43. The molecule has 0 aliphatic heterocycles. The minimum atomic E-state index is -0.931. The van der Waals surface area contributed by atoms with Gasteiger partial charge in [-0.2, -0.15) is 0 Å². The first-order valence-electron chi connectivity index (χ1n) is 6.91. The highest BCUT2D eigenvalue weighted by Gasteiger charge is 1.98. The van der Waals surface area contributed by atoms with Gasteiger partial charge in [-0.25, -0.2) is 4.79 Å². The number of nitrogen functional groups attached to an aromatic ring is 1. The Labute approximate surface area is 116 Å². The molecule has 4 heteroatoms. The smallest absolute Gasteiger partial charge is 0.335 e. The summed E-state index contributed by atoms with van der Waals surface area (Å²) < 4.78 is 0. The van der Waals surface area contributed by atoms with Crippen molar-refractivity contribution in [2.24, 2.45) is 0 Å². The number of carboxylic acid groups (broad SMARTS) is 1. The molecule has 0 atom stereocenters. The summed E-state index contributed by atoms with van der Waals surface area (Å²) in [5.74, 6) is -0.931. The second kappa shape index (κ2) is 11.5. The maximum atomic E-state index is 10.3. The van der Waals surface area contributed by atoms with E-state index in [0.717, 1.165) is 0 Å². The van der Waals surface area contributed by atoms with Gasteiger partial charge in [0.1, 0.15) is 0 Å². The van der Waals surface area contributed by atoms with E-state index in [1.54, 1.807) is 12.1 Å². The lowest BCUT2D eigenvalue weighted by Gasteiger charge is -1.99. The quantitative estimate of drug-likeness (QED) is 0.523. The van der Waals surface area contributed by atoms with Gasteiger partial charge in [-0.3, -0.25) is 0 Å². The molecular weight excluding hydrogens is 240 g/mol. The van der Waals surface area contributed by atoms with Gasteiger partial charge in [0.25, 0.3) is 0 Å². The standard InChI is InChI=1S/C8H19N.C7H7NO2/c1-3-5-6-8-9-7-4-2;8-6-3-1-5(2-4-6)7(9)10/h9H,3-8H2,1-2H3;1-4H,8H2,(H,9,10). The molecule has 1 rings (SSSR count). The van der Waals surface area contributed by atoms with E-state index in [1.807, 2.05) is 0 Å². The predicted molar refractivity (Wildman–Crippen MR) is 80.5 cm³/mol. The van der Waals surface area contributed by atoms with Crippen molar-refractivity contribution in [2.75, 3.05) is 18.8 Å². The molecule has 0 amide bonds. The molecular formula is C15H26N2O2. The molecule has 1 aromatic rings. The van der Waals surface area contributed by atoms with Gasteiger partial charge in [-0.1, -0.05) is 26.7 Å². The van der Waals surface area contributed by atoms with Gasteiger partial charge in [-0.05, 0) is 50.2 Å². The topological polar surface area (TPSA) is 75.3 Å². The molecule has 0 spiro atoms. The maximum Gasteiger partial charge on any atom is 0.335 e. The Morgan fingerprint density at radius 3 is 2.21 bits per heavy atom. The van der Waals surface area contributed by atoms with E-state index in [4.69, 9.17) is 10.8 Å². The monoisotopic (exact) mass is 266 g/mol. The van der Waals surface area contributed by atoms with E-state index in [2.05, 4.69) is 19.2 Å². The molecule has 19 heavy (non-hydrogen) atoms. The van der Waals surface area contributed by atoms with Crippen molar-refractivity contribution in [1.82, 2.24) is 5.32 Å². The lowest BCUT2D eigenvalue weighted by molar-refractivity contribution is 0.0697. The average molecular weight is 266 g/mol. The molecule has 0 radical (unpaired) electrons. The van der Waals surface area contributed by atoms with Crippen molar-refractivity contribution < 1.29 is 9.90 Å². The fraction of sp³-hybridized carbons (Fsp3) is 0.533. The molecule has 0 heterocycles. The summed E-state index contributed by atoms with van der Waals surface area (Å²) in [7, 11) is 0. The largest absolute Gasteiger partial charge is 0.478 e. The minimum absolute atomic E-state index is 0.259. The number of unbranched alkanes of at least 4 members (excludes halogenated alkanes) is 2. The number of hydrogen-bond donors (Lipinski definition) is 3. The number of carboxylic acids is 1.